The van der Waals surface area contributed by atoms with Gasteiger partial charge in [-0.25, -0.2) is 9.59 Å². The molecule has 1 aliphatic rings. The summed E-state index contributed by atoms with van der Waals surface area (Å²) in [5.41, 5.74) is 1.23. The summed E-state index contributed by atoms with van der Waals surface area (Å²) in [6.07, 6.45) is 1.26. The van der Waals surface area contributed by atoms with Gasteiger partial charge in [-0.2, -0.15) is 0 Å². The Kier molecular flexibility index (Phi) is 3.70. The first kappa shape index (κ1) is 14.4. The zero-order chi connectivity index (χ0) is 14.9. The lowest BCUT2D eigenvalue weighted by Crippen LogP contribution is -2.39. The molecule has 0 spiro atoms. The molecule has 5 nitrogen and oxygen atoms in total. The van der Waals surface area contributed by atoms with Gasteiger partial charge in [0.15, 0.2) is 0 Å². The maximum absolute atomic E-state index is 12.2. The maximum atomic E-state index is 12.2. The first-order valence-corrected chi connectivity index (χ1v) is 6.65. The Hall–Kier alpha value is -2.04. The number of anilines is 1. The number of carbonyl (C=O) groups is 2. The molecule has 0 saturated carbocycles. The third-order valence-corrected chi connectivity index (χ3v) is 3.06. The van der Waals surface area contributed by atoms with E-state index in [4.69, 9.17) is 9.84 Å². The van der Waals surface area contributed by atoms with Gasteiger partial charge >= 0.3 is 12.1 Å². The topological polar surface area (TPSA) is 66.8 Å². The molecule has 1 aliphatic heterocycles. The molecule has 0 saturated heterocycles. The minimum absolute atomic E-state index is 0.180. The van der Waals surface area contributed by atoms with Gasteiger partial charge in [0.05, 0.1) is 11.3 Å². The minimum Gasteiger partial charge on any atom is -0.478 e. The molecular formula is C15H19NO4. The van der Waals surface area contributed by atoms with E-state index >= 15 is 0 Å². The second-order valence-electron chi connectivity index (χ2n) is 5.88. The van der Waals surface area contributed by atoms with Gasteiger partial charge in [0.1, 0.15) is 5.60 Å². The summed E-state index contributed by atoms with van der Waals surface area (Å²) in [6, 6.07) is 4.88. The molecule has 2 rings (SSSR count). The molecule has 0 radical (unpaired) electrons. The molecule has 0 fully saturated rings. The van der Waals surface area contributed by atoms with Crippen LogP contribution >= 0.6 is 0 Å². The number of aryl methyl sites for hydroxylation is 1. The van der Waals surface area contributed by atoms with Crippen molar-refractivity contribution in [2.24, 2.45) is 0 Å². The monoisotopic (exact) mass is 277 g/mol. The van der Waals surface area contributed by atoms with Crippen LogP contribution in [0.4, 0.5) is 10.5 Å². The van der Waals surface area contributed by atoms with Crippen LogP contribution in [0.1, 0.15) is 43.1 Å². The number of hydrogen-bond donors (Lipinski definition) is 1. The highest BCUT2D eigenvalue weighted by atomic mass is 16.6. The molecule has 1 aromatic rings. The number of carboxylic acid groups (broad SMARTS) is 1. The lowest BCUT2D eigenvalue weighted by atomic mass is 10.00. The summed E-state index contributed by atoms with van der Waals surface area (Å²) in [4.78, 5) is 24.8. The molecule has 1 aromatic carbocycles. The summed E-state index contributed by atoms with van der Waals surface area (Å²) < 4.78 is 5.37. The Bertz CT molecular complexity index is 545. The first-order valence-electron chi connectivity index (χ1n) is 6.65. The average Bonchev–Trinajstić information content (AvgIpc) is 2.35. The number of benzene rings is 1. The van der Waals surface area contributed by atoms with Crippen LogP contribution in [-0.4, -0.2) is 29.3 Å². The molecule has 20 heavy (non-hydrogen) atoms. The van der Waals surface area contributed by atoms with E-state index in [9.17, 15) is 9.59 Å². The Morgan fingerprint density at radius 3 is 2.60 bits per heavy atom. The van der Waals surface area contributed by atoms with Crippen molar-refractivity contribution < 1.29 is 19.4 Å². The van der Waals surface area contributed by atoms with Crippen LogP contribution in [0.3, 0.4) is 0 Å². The van der Waals surface area contributed by atoms with Crippen molar-refractivity contribution in [2.45, 2.75) is 39.2 Å². The van der Waals surface area contributed by atoms with Crippen LogP contribution in [-0.2, 0) is 11.2 Å². The second-order valence-corrected chi connectivity index (χ2v) is 5.88. The van der Waals surface area contributed by atoms with Gasteiger partial charge in [-0.3, -0.25) is 4.90 Å². The molecule has 0 aromatic heterocycles. The van der Waals surface area contributed by atoms with Crippen molar-refractivity contribution in [1.29, 1.82) is 0 Å². The Morgan fingerprint density at radius 2 is 2.00 bits per heavy atom. The summed E-state index contributed by atoms with van der Waals surface area (Å²) in [5, 5.41) is 9.06. The highest BCUT2D eigenvalue weighted by Crippen LogP contribution is 2.29. The fraction of sp³-hybridized carbons (Fsp3) is 0.467. The Morgan fingerprint density at radius 1 is 1.30 bits per heavy atom. The van der Waals surface area contributed by atoms with Gasteiger partial charge in [0.25, 0.3) is 0 Å². The van der Waals surface area contributed by atoms with Gasteiger partial charge in [0, 0.05) is 6.54 Å². The zero-order valence-corrected chi connectivity index (χ0v) is 12.0. The van der Waals surface area contributed by atoms with Gasteiger partial charge in [-0.05, 0) is 51.3 Å². The molecular weight excluding hydrogens is 258 g/mol. The number of rotatable bonds is 1. The zero-order valence-electron chi connectivity index (χ0n) is 12.0. The molecule has 0 aliphatic carbocycles. The van der Waals surface area contributed by atoms with Crippen LogP contribution in [0.5, 0.6) is 0 Å². The average molecular weight is 277 g/mol. The lowest BCUT2D eigenvalue weighted by Gasteiger charge is -2.31. The summed E-state index contributed by atoms with van der Waals surface area (Å²) >= 11 is 0. The smallest absolute Gasteiger partial charge is 0.414 e. The number of ether oxygens (including phenoxy) is 1. The van der Waals surface area contributed by atoms with Crippen LogP contribution in [0.25, 0.3) is 0 Å². The quantitative estimate of drug-likeness (QED) is 0.856. The number of hydrogen-bond acceptors (Lipinski definition) is 3. The molecule has 5 heteroatoms. The predicted molar refractivity (Wildman–Crippen MR) is 75.3 cm³/mol. The van der Waals surface area contributed by atoms with Gasteiger partial charge < -0.3 is 9.84 Å². The van der Waals surface area contributed by atoms with E-state index < -0.39 is 17.7 Å². The van der Waals surface area contributed by atoms with E-state index in [0.29, 0.717) is 12.2 Å². The van der Waals surface area contributed by atoms with Crippen LogP contribution in [0, 0.1) is 0 Å². The van der Waals surface area contributed by atoms with Crippen LogP contribution in [0.15, 0.2) is 18.2 Å². The predicted octanol–water partition coefficient (Wildman–Crippen LogP) is 3.07. The number of fused-ring (bicyclic) bond motifs is 1. The lowest BCUT2D eigenvalue weighted by molar-refractivity contribution is 0.0576. The van der Waals surface area contributed by atoms with E-state index in [1.807, 2.05) is 20.8 Å². The molecule has 0 atom stereocenters. The van der Waals surface area contributed by atoms with Gasteiger partial charge in [-0.15, -0.1) is 0 Å². The van der Waals surface area contributed by atoms with E-state index in [0.717, 1.165) is 18.4 Å². The number of aromatic carboxylic acids is 1. The summed E-state index contributed by atoms with van der Waals surface area (Å²) in [5.74, 6) is -0.998. The SMILES string of the molecule is CC(C)(C)OC(=O)N1CCCc2ccc(C(=O)O)cc21. The molecule has 1 amide bonds. The van der Waals surface area contributed by atoms with Crippen molar-refractivity contribution in [2.75, 3.05) is 11.4 Å². The number of nitrogens with zero attached hydrogens (tertiary/aromatic N) is 1. The van der Waals surface area contributed by atoms with E-state index in [1.54, 1.807) is 18.2 Å². The van der Waals surface area contributed by atoms with Crippen LogP contribution in [0.2, 0.25) is 0 Å². The molecule has 1 N–H and O–H groups in total. The highest BCUT2D eigenvalue weighted by molar-refractivity contribution is 5.94. The molecule has 1 heterocycles. The standard InChI is InChI=1S/C15H19NO4/c1-15(2,3)20-14(19)16-8-4-5-10-6-7-11(13(17)18)9-12(10)16/h6-7,9H,4-5,8H2,1-3H3,(H,17,18). The molecule has 0 unspecified atom stereocenters. The largest absolute Gasteiger partial charge is 0.478 e. The second kappa shape index (κ2) is 5.15. The maximum Gasteiger partial charge on any atom is 0.414 e. The van der Waals surface area contributed by atoms with Crippen molar-refractivity contribution in [3.63, 3.8) is 0 Å². The fourth-order valence-electron chi connectivity index (χ4n) is 2.21. The summed E-state index contributed by atoms with van der Waals surface area (Å²) in [6.45, 7) is 5.97. The Balaban J connectivity index is 2.33. The normalized spacial score (nSPS) is 14.7. The third kappa shape index (κ3) is 3.10. The van der Waals surface area contributed by atoms with E-state index in [-0.39, 0.29) is 5.56 Å². The Labute approximate surface area is 118 Å². The van der Waals surface area contributed by atoms with E-state index in [1.165, 1.54) is 4.90 Å². The third-order valence-electron chi connectivity index (χ3n) is 3.06. The van der Waals surface area contributed by atoms with Crippen molar-refractivity contribution in [3.05, 3.63) is 29.3 Å². The number of carboxylic acids is 1. The number of carbonyl (C=O) groups excluding carboxylic acids is 1. The number of amides is 1. The first-order chi connectivity index (χ1) is 9.28. The highest BCUT2D eigenvalue weighted by Gasteiger charge is 2.27. The van der Waals surface area contributed by atoms with Gasteiger partial charge in [0.2, 0.25) is 0 Å². The minimum atomic E-state index is -0.998. The molecule has 108 valence electrons. The summed E-state index contributed by atoms with van der Waals surface area (Å²) in [7, 11) is 0. The fourth-order valence-corrected chi connectivity index (χ4v) is 2.21. The van der Waals surface area contributed by atoms with Crippen molar-refractivity contribution in [1.82, 2.24) is 0 Å². The van der Waals surface area contributed by atoms with E-state index in [2.05, 4.69) is 0 Å². The van der Waals surface area contributed by atoms with Crippen molar-refractivity contribution in [3.8, 4) is 0 Å². The van der Waals surface area contributed by atoms with Gasteiger partial charge in [-0.1, -0.05) is 6.07 Å². The molecule has 0 bridgehead atoms. The van der Waals surface area contributed by atoms with Crippen LogP contribution < -0.4 is 4.90 Å². The van der Waals surface area contributed by atoms with Crippen molar-refractivity contribution >= 4 is 17.7 Å².